The summed E-state index contributed by atoms with van der Waals surface area (Å²) in [4.78, 5) is 47.5. The van der Waals surface area contributed by atoms with E-state index in [4.69, 9.17) is 0 Å². The Bertz CT molecular complexity index is 953. The second-order valence-corrected chi connectivity index (χ2v) is 6.29. The second kappa shape index (κ2) is 7.91. The molecule has 1 aliphatic heterocycles. The summed E-state index contributed by atoms with van der Waals surface area (Å²) in [6.45, 7) is 1.77. The summed E-state index contributed by atoms with van der Waals surface area (Å²) in [7, 11) is 1.31. The van der Waals surface area contributed by atoms with Crippen LogP contribution in [-0.4, -0.2) is 30.8 Å². The van der Waals surface area contributed by atoms with Crippen molar-refractivity contribution in [1.82, 2.24) is 5.43 Å². The molecule has 28 heavy (non-hydrogen) atoms. The number of hydrogen-bond acceptors (Lipinski definition) is 5. The minimum atomic E-state index is -0.448. The van der Waals surface area contributed by atoms with Gasteiger partial charge in [0.15, 0.2) is 0 Å². The lowest BCUT2D eigenvalue weighted by molar-refractivity contribution is -0.130. The van der Waals surface area contributed by atoms with E-state index < -0.39 is 5.97 Å². The number of aryl methyl sites for hydroxylation is 1. The summed E-state index contributed by atoms with van der Waals surface area (Å²) in [5, 5.41) is 3.97. The van der Waals surface area contributed by atoms with Gasteiger partial charge in [-0.15, -0.1) is 0 Å². The van der Waals surface area contributed by atoms with Crippen molar-refractivity contribution in [3.05, 3.63) is 59.2 Å². The molecular weight excluding hydrogens is 362 g/mol. The Kier molecular flexibility index (Phi) is 5.39. The number of ether oxygens (including phenoxy) is 1. The van der Waals surface area contributed by atoms with E-state index in [2.05, 4.69) is 15.5 Å². The van der Waals surface area contributed by atoms with Crippen LogP contribution in [0, 0.1) is 6.92 Å². The molecule has 0 saturated carbocycles. The fourth-order valence-corrected chi connectivity index (χ4v) is 2.79. The summed E-state index contributed by atoms with van der Waals surface area (Å²) in [6, 6.07) is 11.2. The van der Waals surface area contributed by atoms with Crippen LogP contribution >= 0.6 is 0 Å². The Hall–Kier alpha value is -3.68. The maximum Gasteiger partial charge on any atom is 0.337 e. The molecule has 0 aliphatic carbocycles. The average molecular weight is 381 g/mol. The molecule has 0 unspecified atom stereocenters. The van der Waals surface area contributed by atoms with Crippen LogP contribution in [0.3, 0.4) is 0 Å². The number of carbonyl (C=O) groups excluding carboxylic acids is 4. The highest BCUT2D eigenvalue weighted by atomic mass is 16.5. The van der Waals surface area contributed by atoms with E-state index in [1.807, 2.05) is 0 Å². The zero-order chi connectivity index (χ0) is 20.3. The molecule has 1 saturated heterocycles. The number of nitrogens with one attached hydrogen (secondary N) is 2. The summed E-state index contributed by atoms with van der Waals surface area (Å²) in [5.74, 6) is -1.23. The Labute approximate surface area is 161 Å². The summed E-state index contributed by atoms with van der Waals surface area (Å²) in [5.41, 5.74) is 5.05. The standard InChI is InChI=1S/C20H19N3O5/c1-12-11-14(20(27)28-2)5-8-16(12)21-19(26)13-3-6-15(7-4-13)23-18(25)10-9-17(24)22-23/h3-8,11H,9-10H2,1-2H3,(H,21,26)(H,22,24). The van der Waals surface area contributed by atoms with Crippen LogP contribution in [0.15, 0.2) is 42.5 Å². The van der Waals surface area contributed by atoms with Gasteiger partial charge in [0.05, 0.1) is 18.4 Å². The first-order valence-corrected chi connectivity index (χ1v) is 8.62. The van der Waals surface area contributed by atoms with Crippen molar-refractivity contribution in [3.63, 3.8) is 0 Å². The van der Waals surface area contributed by atoms with Crippen molar-refractivity contribution < 1.29 is 23.9 Å². The third-order valence-corrected chi connectivity index (χ3v) is 4.34. The van der Waals surface area contributed by atoms with Crippen LogP contribution in [0.2, 0.25) is 0 Å². The maximum atomic E-state index is 12.5. The van der Waals surface area contributed by atoms with Crippen molar-refractivity contribution >= 4 is 35.1 Å². The van der Waals surface area contributed by atoms with Gasteiger partial charge in [0.25, 0.3) is 5.91 Å². The second-order valence-electron chi connectivity index (χ2n) is 6.29. The Morgan fingerprint density at radius 2 is 1.71 bits per heavy atom. The van der Waals surface area contributed by atoms with Gasteiger partial charge in [-0.2, -0.15) is 0 Å². The van der Waals surface area contributed by atoms with Gasteiger partial charge in [-0.05, 0) is 55.0 Å². The Morgan fingerprint density at radius 1 is 1.04 bits per heavy atom. The van der Waals surface area contributed by atoms with Crippen LogP contribution in [-0.2, 0) is 14.3 Å². The van der Waals surface area contributed by atoms with E-state index in [1.165, 1.54) is 12.1 Å². The highest BCUT2D eigenvalue weighted by Crippen LogP contribution is 2.20. The van der Waals surface area contributed by atoms with Crippen molar-refractivity contribution in [2.75, 3.05) is 17.4 Å². The van der Waals surface area contributed by atoms with Crippen molar-refractivity contribution in [3.8, 4) is 0 Å². The van der Waals surface area contributed by atoms with Gasteiger partial charge in [0.1, 0.15) is 0 Å². The number of rotatable bonds is 4. The van der Waals surface area contributed by atoms with Crippen LogP contribution < -0.4 is 15.8 Å². The topological polar surface area (TPSA) is 105 Å². The predicted octanol–water partition coefficient (Wildman–Crippen LogP) is 2.19. The molecule has 1 aliphatic rings. The third-order valence-electron chi connectivity index (χ3n) is 4.34. The van der Waals surface area contributed by atoms with Crippen molar-refractivity contribution in [1.29, 1.82) is 0 Å². The highest BCUT2D eigenvalue weighted by molar-refractivity contribution is 6.06. The van der Waals surface area contributed by atoms with E-state index in [9.17, 15) is 19.2 Å². The first-order valence-electron chi connectivity index (χ1n) is 8.62. The molecule has 0 bridgehead atoms. The fraction of sp³-hybridized carbons (Fsp3) is 0.200. The molecule has 144 valence electrons. The van der Waals surface area contributed by atoms with E-state index in [-0.39, 0.29) is 30.6 Å². The number of benzene rings is 2. The SMILES string of the molecule is COC(=O)c1ccc(NC(=O)c2ccc(N3NC(=O)CCC3=O)cc2)c(C)c1. The lowest BCUT2D eigenvalue weighted by atomic mass is 10.1. The van der Waals surface area contributed by atoms with Gasteiger partial charge in [0.2, 0.25) is 11.8 Å². The van der Waals surface area contributed by atoms with E-state index in [0.29, 0.717) is 22.5 Å². The monoisotopic (exact) mass is 381 g/mol. The number of esters is 1. The Balaban J connectivity index is 1.72. The zero-order valence-electron chi connectivity index (χ0n) is 15.4. The summed E-state index contributed by atoms with van der Waals surface area (Å²) >= 11 is 0. The van der Waals surface area contributed by atoms with Crippen LogP contribution in [0.4, 0.5) is 11.4 Å². The minimum Gasteiger partial charge on any atom is -0.465 e. The number of methoxy groups -OCH3 is 1. The number of nitrogens with zero attached hydrogens (tertiary/aromatic N) is 1. The molecule has 3 rings (SSSR count). The molecule has 8 heteroatoms. The molecule has 3 amide bonds. The molecular formula is C20H19N3O5. The normalized spacial score (nSPS) is 13.7. The average Bonchev–Trinajstić information content (AvgIpc) is 2.70. The van der Waals surface area contributed by atoms with Gasteiger partial charge in [-0.25, -0.2) is 9.80 Å². The van der Waals surface area contributed by atoms with E-state index in [1.54, 1.807) is 49.4 Å². The lowest BCUT2D eigenvalue weighted by Gasteiger charge is -2.27. The van der Waals surface area contributed by atoms with Crippen LogP contribution in [0.5, 0.6) is 0 Å². The lowest BCUT2D eigenvalue weighted by Crippen LogP contribution is -2.50. The molecule has 0 aromatic heterocycles. The van der Waals surface area contributed by atoms with Gasteiger partial charge in [-0.1, -0.05) is 0 Å². The smallest absolute Gasteiger partial charge is 0.337 e. The maximum absolute atomic E-state index is 12.5. The fourth-order valence-electron chi connectivity index (χ4n) is 2.79. The van der Waals surface area contributed by atoms with Crippen molar-refractivity contribution in [2.45, 2.75) is 19.8 Å². The quantitative estimate of drug-likeness (QED) is 0.790. The van der Waals surface area contributed by atoms with Crippen molar-refractivity contribution in [2.24, 2.45) is 0 Å². The molecule has 1 heterocycles. The number of hydrogen-bond donors (Lipinski definition) is 2. The molecule has 8 nitrogen and oxygen atoms in total. The van der Waals surface area contributed by atoms with E-state index >= 15 is 0 Å². The van der Waals surface area contributed by atoms with Gasteiger partial charge >= 0.3 is 5.97 Å². The van der Waals surface area contributed by atoms with Crippen LogP contribution in [0.25, 0.3) is 0 Å². The number of anilines is 2. The first-order chi connectivity index (χ1) is 13.4. The molecule has 0 spiro atoms. The predicted molar refractivity (Wildman–Crippen MR) is 102 cm³/mol. The molecule has 1 fully saturated rings. The number of hydrazine groups is 1. The van der Waals surface area contributed by atoms with Gasteiger partial charge in [0, 0.05) is 24.1 Å². The molecule has 2 N–H and O–H groups in total. The van der Waals surface area contributed by atoms with Crippen LogP contribution in [0.1, 0.15) is 39.1 Å². The molecule has 0 radical (unpaired) electrons. The third kappa shape index (κ3) is 4.01. The summed E-state index contributed by atoms with van der Waals surface area (Å²) in [6.07, 6.45) is 0.318. The zero-order valence-corrected chi connectivity index (χ0v) is 15.4. The molecule has 2 aromatic rings. The Morgan fingerprint density at radius 3 is 2.36 bits per heavy atom. The first kappa shape index (κ1) is 19.1. The molecule has 2 aromatic carbocycles. The summed E-state index contributed by atoms with van der Waals surface area (Å²) < 4.78 is 4.68. The largest absolute Gasteiger partial charge is 0.465 e. The van der Waals surface area contributed by atoms with Gasteiger partial charge < -0.3 is 10.1 Å². The molecule has 0 atom stereocenters. The number of carbonyl (C=O) groups is 4. The highest BCUT2D eigenvalue weighted by Gasteiger charge is 2.24. The van der Waals surface area contributed by atoms with E-state index in [0.717, 1.165) is 5.56 Å². The minimum absolute atomic E-state index is 0.148. The number of amides is 3. The van der Waals surface area contributed by atoms with Gasteiger partial charge in [-0.3, -0.25) is 19.8 Å².